The van der Waals surface area contributed by atoms with E-state index < -0.39 is 12.0 Å². The van der Waals surface area contributed by atoms with E-state index in [9.17, 15) is 9.59 Å². The van der Waals surface area contributed by atoms with Crippen molar-refractivity contribution in [1.29, 1.82) is 0 Å². The largest absolute Gasteiger partial charge is 0.497 e. The Kier molecular flexibility index (Phi) is 8.23. The van der Waals surface area contributed by atoms with E-state index in [1.165, 1.54) is 7.11 Å². The van der Waals surface area contributed by atoms with E-state index in [0.29, 0.717) is 34.3 Å². The van der Waals surface area contributed by atoms with Gasteiger partial charge in [-0.1, -0.05) is 22.8 Å². The summed E-state index contributed by atoms with van der Waals surface area (Å²) in [5.41, 5.74) is 8.43. The highest BCUT2D eigenvalue weighted by Gasteiger charge is 2.23. The Bertz CT molecular complexity index is 1210. The molecule has 11 heteroatoms. The Morgan fingerprint density at radius 3 is 2.47 bits per heavy atom. The van der Waals surface area contributed by atoms with Gasteiger partial charge < -0.3 is 19.7 Å². The minimum absolute atomic E-state index is 0.112. The Hall–Kier alpha value is -3.89. The smallest absolute Gasteiger partial charge is 0.413 e. The van der Waals surface area contributed by atoms with Gasteiger partial charge in [-0.2, -0.15) is 0 Å². The monoisotopic (exact) mass is 485 g/mol. The first-order valence-electron chi connectivity index (χ1n) is 10.1. The van der Waals surface area contributed by atoms with E-state index in [1.54, 1.807) is 50.4 Å². The molecule has 4 N–H and O–H groups in total. The number of hydrogen-bond donors (Lipinski definition) is 3. The molecule has 2 amide bonds. The average Bonchev–Trinajstić information content (AvgIpc) is 3.23. The fourth-order valence-corrected chi connectivity index (χ4v) is 3.39. The number of nitrogens with zero attached hydrogens (tertiary/aromatic N) is 2. The molecular weight excluding hydrogens is 462 g/mol. The van der Waals surface area contributed by atoms with Crippen molar-refractivity contribution in [2.75, 3.05) is 14.2 Å². The zero-order chi connectivity index (χ0) is 24.7. The van der Waals surface area contributed by atoms with Crippen LogP contribution in [-0.2, 0) is 17.8 Å². The van der Waals surface area contributed by atoms with Gasteiger partial charge in [-0.25, -0.2) is 9.79 Å². The topological polar surface area (TPSA) is 141 Å². The summed E-state index contributed by atoms with van der Waals surface area (Å²) in [4.78, 5) is 29.3. The summed E-state index contributed by atoms with van der Waals surface area (Å²) in [5, 5.41) is 9.50. The van der Waals surface area contributed by atoms with Crippen molar-refractivity contribution in [3.05, 3.63) is 69.9 Å². The molecule has 0 saturated carbocycles. The summed E-state index contributed by atoms with van der Waals surface area (Å²) >= 11 is 6.13. The first-order chi connectivity index (χ1) is 16.3. The lowest BCUT2D eigenvalue weighted by Gasteiger charge is -2.11. The molecule has 10 nitrogen and oxygen atoms in total. The maximum Gasteiger partial charge on any atom is 0.413 e. The molecule has 0 aliphatic rings. The molecule has 0 fully saturated rings. The summed E-state index contributed by atoms with van der Waals surface area (Å²) in [5.74, 6) is 0.259. The maximum absolute atomic E-state index is 13.1. The summed E-state index contributed by atoms with van der Waals surface area (Å²) in [6.07, 6.45) is -0.801. The number of carbonyl (C=O) groups is 2. The summed E-state index contributed by atoms with van der Waals surface area (Å²) < 4.78 is 15.1. The number of carbonyl (C=O) groups excluding carboxylic acids is 2. The highest BCUT2D eigenvalue weighted by Crippen LogP contribution is 2.27. The predicted octanol–water partition coefficient (Wildman–Crippen LogP) is 3.41. The Morgan fingerprint density at radius 1 is 1.12 bits per heavy atom. The number of guanidine groups is 1. The van der Waals surface area contributed by atoms with Crippen molar-refractivity contribution >= 4 is 29.6 Å². The van der Waals surface area contributed by atoms with E-state index in [2.05, 4.69) is 25.5 Å². The van der Waals surface area contributed by atoms with Crippen LogP contribution in [0.2, 0.25) is 5.02 Å². The van der Waals surface area contributed by atoms with Crippen LogP contribution in [0.1, 0.15) is 27.2 Å². The lowest BCUT2D eigenvalue weighted by Crippen LogP contribution is -2.44. The normalized spacial score (nSPS) is 11.1. The zero-order valence-electron chi connectivity index (χ0n) is 18.8. The number of hydrogen-bond acceptors (Lipinski definition) is 8. The van der Waals surface area contributed by atoms with Crippen molar-refractivity contribution in [1.82, 2.24) is 15.8 Å². The van der Waals surface area contributed by atoms with E-state index in [0.717, 1.165) is 11.1 Å². The third-order valence-corrected chi connectivity index (χ3v) is 4.98. The van der Waals surface area contributed by atoms with Gasteiger partial charge in [0.2, 0.25) is 5.96 Å². The lowest BCUT2D eigenvalue weighted by atomic mass is 10.1. The van der Waals surface area contributed by atoms with E-state index in [1.807, 2.05) is 6.07 Å². The van der Waals surface area contributed by atoms with Gasteiger partial charge in [0.25, 0.3) is 5.91 Å². The first-order valence-corrected chi connectivity index (χ1v) is 10.5. The Morgan fingerprint density at radius 2 is 1.82 bits per heavy atom. The molecule has 2 aromatic carbocycles. The molecule has 34 heavy (non-hydrogen) atoms. The van der Waals surface area contributed by atoms with Crippen LogP contribution in [0, 0.1) is 6.92 Å². The third-order valence-electron chi connectivity index (χ3n) is 4.76. The van der Waals surface area contributed by atoms with E-state index >= 15 is 0 Å². The number of amides is 2. The number of alkyl carbamates (subject to hydrolysis) is 1. The molecule has 0 spiro atoms. The van der Waals surface area contributed by atoms with Crippen LogP contribution >= 0.6 is 11.6 Å². The molecule has 0 aliphatic carbocycles. The summed E-state index contributed by atoms with van der Waals surface area (Å²) in [6.45, 7) is 2.03. The van der Waals surface area contributed by atoms with Crippen LogP contribution in [0.25, 0.3) is 11.3 Å². The van der Waals surface area contributed by atoms with E-state index in [4.69, 9.17) is 26.6 Å². The van der Waals surface area contributed by atoms with Gasteiger partial charge in [-0.3, -0.25) is 15.4 Å². The van der Waals surface area contributed by atoms with Gasteiger partial charge in [0.05, 0.1) is 20.8 Å². The second-order valence-corrected chi connectivity index (χ2v) is 7.53. The molecular formula is C23H24ClN5O5. The second-order valence-electron chi connectivity index (χ2n) is 7.10. The van der Waals surface area contributed by atoms with Gasteiger partial charge >= 0.3 is 6.09 Å². The summed E-state index contributed by atoms with van der Waals surface area (Å²) in [7, 11) is 2.76. The number of rotatable bonds is 6. The molecule has 1 aromatic heterocycles. The van der Waals surface area contributed by atoms with Gasteiger partial charge in [-0.05, 0) is 54.4 Å². The van der Waals surface area contributed by atoms with Crippen LogP contribution in [0.15, 0.2) is 52.0 Å². The molecule has 3 aromatic rings. The second kappa shape index (κ2) is 11.3. The van der Waals surface area contributed by atoms with Gasteiger partial charge in [0.15, 0.2) is 0 Å². The Balaban J connectivity index is 1.87. The SMILES string of the molecule is COC(=O)NC(=NCc1cc(Cl)cc(CN)c1)NC(=O)c1c(-c2ccc(OC)cc2)noc1C. The number of ether oxygens (including phenoxy) is 2. The molecule has 0 saturated heterocycles. The molecule has 0 aliphatic heterocycles. The minimum atomic E-state index is -0.801. The number of aryl methyl sites for hydroxylation is 1. The number of aromatic nitrogens is 1. The van der Waals surface area contributed by atoms with Crippen molar-refractivity contribution in [3.8, 4) is 17.0 Å². The molecule has 0 atom stereocenters. The van der Waals surface area contributed by atoms with Gasteiger partial charge in [0, 0.05) is 17.1 Å². The van der Waals surface area contributed by atoms with Gasteiger partial charge in [-0.15, -0.1) is 0 Å². The summed E-state index contributed by atoms with van der Waals surface area (Å²) in [6, 6.07) is 12.3. The standard InChI is InChI=1S/C23H24ClN5O5/c1-13-19(20(29-34-13)16-4-6-18(32-2)7-5-16)21(30)27-22(28-23(31)33-3)26-12-15-8-14(11-25)9-17(24)10-15/h4-10H,11-12,25H2,1-3H3,(H2,26,27,28,30,31). The minimum Gasteiger partial charge on any atom is -0.497 e. The zero-order valence-corrected chi connectivity index (χ0v) is 19.6. The fourth-order valence-electron chi connectivity index (χ4n) is 3.11. The first kappa shape index (κ1) is 24.7. The van der Waals surface area contributed by atoms with Crippen LogP contribution in [0.3, 0.4) is 0 Å². The highest BCUT2D eigenvalue weighted by molar-refractivity contribution is 6.30. The van der Waals surface area contributed by atoms with Crippen molar-refractivity contribution in [2.45, 2.75) is 20.0 Å². The molecule has 3 rings (SSSR count). The lowest BCUT2D eigenvalue weighted by molar-refractivity contribution is 0.0975. The maximum atomic E-state index is 13.1. The quantitative estimate of drug-likeness (QED) is 0.359. The molecule has 0 bridgehead atoms. The predicted molar refractivity (Wildman–Crippen MR) is 127 cm³/mol. The van der Waals surface area contributed by atoms with Crippen LogP contribution in [0.5, 0.6) is 5.75 Å². The van der Waals surface area contributed by atoms with Crippen LogP contribution < -0.4 is 21.1 Å². The van der Waals surface area contributed by atoms with Crippen molar-refractivity contribution < 1.29 is 23.6 Å². The van der Waals surface area contributed by atoms with Crippen molar-refractivity contribution in [2.24, 2.45) is 10.7 Å². The number of aliphatic imine (C=N–C) groups is 1. The number of methoxy groups -OCH3 is 2. The van der Waals surface area contributed by atoms with Gasteiger partial charge in [0.1, 0.15) is 22.8 Å². The number of halogens is 1. The average molecular weight is 486 g/mol. The number of nitrogens with one attached hydrogen (secondary N) is 2. The number of nitrogens with two attached hydrogens (primary N) is 1. The Labute approximate surface area is 201 Å². The van der Waals surface area contributed by atoms with Crippen LogP contribution in [-0.4, -0.2) is 37.3 Å². The fraction of sp³-hybridized carbons (Fsp3) is 0.217. The van der Waals surface area contributed by atoms with Crippen molar-refractivity contribution in [3.63, 3.8) is 0 Å². The third kappa shape index (κ3) is 6.12. The molecule has 178 valence electrons. The number of benzene rings is 2. The molecule has 1 heterocycles. The van der Waals surface area contributed by atoms with E-state index in [-0.39, 0.29) is 18.1 Å². The molecule has 0 radical (unpaired) electrons. The van der Waals surface area contributed by atoms with Crippen LogP contribution in [0.4, 0.5) is 4.79 Å². The molecule has 0 unspecified atom stereocenters. The highest BCUT2D eigenvalue weighted by atomic mass is 35.5.